The summed E-state index contributed by atoms with van der Waals surface area (Å²) in [7, 11) is 0. The molecule has 2 N–H and O–H groups in total. The number of para-hydroxylation sites is 1. The lowest BCUT2D eigenvalue weighted by atomic mass is 10.3. The maximum absolute atomic E-state index is 13.4. The van der Waals surface area contributed by atoms with E-state index in [-0.39, 0.29) is 18.1 Å². The van der Waals surface area contributed by atoms with E-state index in [2.05, 4.69) is 26.6 Å². The minimum atomic E-state index is -0.737. The van der Waals surface area contributed by atoms with Crippen molar-refractivity contribution in [1.29, 1.82) is 0 Å². The van der Waals surface area contributed by atoms with E-state index in [1.165, 1.54) is 6.07 Å². The number of rotatable bonds is 4. The lowest BCUT2D eigenvalue weighted by Gasteiger charge is -2.09. The van der Waals surface area contributed by atoms with Crippen molar-refractivity contribution < 1.29 is 13.6 Å². The SMILES string of the molecule is O=C(CNc1ccc(F)cc1F)Nc1ccccc1Br. The van der Waals surface area contributed by atoms with Crippen LogP contribution in [0.5, 0.6) is 0 Å². The van der Waals surface area contributed by atoms with Crippen LogP contribution in [0.2, 0.25) is 0 Å². The minimum absolute atomic E-state index is 0.0775. The molecule has 104 valence electrons. The van der Waals surface area contributed by atoms with Crippen molar-refractivity contribution in [2.45, 2.75) is 0 Å². The molecular formula is C14H11BrF2N2O. The highest BCUT2D eigenvalue weighted by molar-refractivity contribution is 9.10. The van der Waals surface area contributed by atoms with Gasteiger partial charge in [0, 0.05) is 10.5 Å². The number of anilines is 2. The van der Waals surface area contributed by atoms with Gasteiger partial charge in [-0.1, -0.05) is 12.1 Å². The molecule has 0 fully saturated rings. The smallest absolute Gasteiger partial charge is 0.243 e. The quantitative estimate of drug-likeness (QED) is 0.889. The van der Waals surface area contributed by atoms with Crippen LogP contribution in [0.15, 0.2) is 46.9 Å². The Labute approximate surface area is 123 Å². The van der Waals surface area contributed by atoms with Crippen molar-refractivity contribution in [3.05, 3.63) is 58.6 Å². The van der Waals surface area contributed by atoms with Crippen molar-refractivity contribution in [3.8, 4) is 0 Å². The second kappa shape index (κ2) is 6.47. The molecule has 3 nitrogen and oxygen atoms in total. The van der Waals surface area contributed by atoms with Gasteiger partial charge in [-0.15, -0.1) is 0 Å². The summed E-state index contributed by atoms with van der Waals surface area (Å²) >= 11 is 3.30. The van der Waals surface area contributed by atoms with Crippen LogP contribution in [-0.4, -0.2) is 12.5 Å². The number of carbonyl (C=O) groups excluding carboxylic acids is 1. The van der Waals surface area contributed by atoms with Gasteiger partial charge in [-0.25, -0.2) is 8.78 Å². The Morgan fingerprint density at radius 1 is 1.10 bits per heavy atom. The van der Waals surface area contributed by atoms with Crippen molar-refractivity contribution in [2.75, 3.05) is 17.2 Å². The molecular weight excluding hydrogens is 330 g/mol. The number of amides is 1. The van der Waals surface area contributed by atoms with Crippen LogP contribution in [0, 0.1) is 11.6 Å². The fourth-order valence-electron chi connectivity index (χ4n) is 1.57. The molecule has 0 unspecified atom stereocenters. The van der Waals surface area contributed by atoms with Gasteiger partial charge < -0.3 is 10.6 Å². The lowest BCUT2D eigenvalue weighted by Crippen LogP contribution is -2.22. The molecule has 0 spiro atoms. The van der Waals surface area contributed by atoms with E-state index in [9.17, 15) is 13.6 Å². The Kier molecular flexibility index (Phi) is 4.68. The van der Waals surface area contributed by atoms with E-state index in [1.807, 2.05) is 6.07 Å². The number of carbonyl (C=O) groups is 1. The van der Waals surface area contributed by atoms with Gasteiger partial charge in [-0.05, 0) is 40.2 Å². The number of halogens is 3. The third-order valence-corrected chi connectivity index (χ3v) is 3.21. The number of benzene rings is 2. The molecule has 0 aliphatic rings. The number of hydrogen-bond donors (Lipinski definition) is 2. The molecule has 6 heteroatoms. The monoisotopic (exact) mass is 340 g/mol. The first-order valence-electron chi connectivity index (χ1n) is 5.79. The van der Waals surface area contributed by atoms with Crippen molar-refractivity contribution in [3.63, 3.8) is 0 Å². The first-order valence-corrected chi connectivity index (χ1v) is 6.59. The highest BCUT2D eigenvalue weighted by atomic mass is 79.9. The summed E-state index contributed by atoms with van der Waals surface area (Å²) < 4.78 is 26.8. The highest BCUT2D eigenvalue weighted by Gasteiger charge is 2.07. The Morgan fingerprint density at radius 3 is 2.55 bits per heavy atom. The minimum Gasteiger partial charge on any atom is -0.374 e. The fourth-order valence-corrected chi connectivity index (χ4v) is 1.95. The maximum Gasteiger partial charge on any atom is 0.243 e. The van der Waals surface area contributed by atoms with E-state index < -0.39 is 11.6 Å². The van der Waals surface area contributed by atoms with E-state index in [0.717, 1.165) is 16.6 Å². The van der Waals surface area contributed by atoms with Gasteiger partial charge in [0.05, 0.1) is 17.9 Å². The topological polar surface area (TPSA) is 41.1 Å². The Morgan fingerprint density at radius 2 is 1.85 bits per heavy atom. The van der Waals surface area contributed by atoms with Crippen molar-refractivity contribution in [1.82, 2.24) is 0 Å². The molecule has 0 saturated heterocycles. The van der Waals surface area contributed by atoms with Crippen LogP contribution in [0.25, 0.3) is 0 Å². The molecule has 20 heavy (non-hydrogen) atoms. The highest BCUT2D eigenvalue weighted by Crippen LogP contribution is 2.21. The van der Waals surface area contributed by atoms with E-state index >= 15 is 0 Å². The van der Waals surface area contributed by atoms with E-state index in [4.69, 9.17) is 0 Å². The van der Waals surface area contributed by atoms with Gasteiger partial charge >= 0.3 is 0 Å². The zero-order valence-electron chi connectivity index (χ0n) is 10.3. The van der Waals surface area contributed by atoms with Gasteiger partial charge in [0.1, 0.15) is 11.6 Å². The zero-order valence-corrected chi connectivity index (χ0v) is 11.9. The van der Waals surface area contributed by atoms with Crippen molar-refractivity contribution in [2.24, 2.45) is 0 Å². The van der Waals surface area contributed by atoms with Crippen LogP contribution in [0.4, 0.5) is 20.2 Å². The van der Waals surface area contributed by atoms with Gasteiger partial charge in [-0.2, -0.15) is 0 Å². The van der Waals surface area contributed by atoms with Crippen molar-refractivity contribution >= 4 is 33.2 Å². The molecule has 0 aromatic heterocycles. The van der Waals surface area contributed by atoms with E-state index in [0.29, 0.717) is 5.69 Å². The summed E-state index contributed by atoms with van der Waals surface area (Å²) in [6.45, 7) is -0.121. The summed E-state index contributed by atoms with van der Waals surface area (Å²) in [5.41, 5.74) is 0.701. The summed E-state index contributed by atoms with van der Waals surface area (Å²) in [5, 5.41) is 5.28. The normalized spacial score (nSPS) is 10.2. The van der Waals surface area contributed by atoms with Crippen LogP contribution >= 0.6 is 15.9 Å². The summed E-state index contributed by atoms with van der Waals surface area (Å²) in [4.78, 5) is 11.7. The second-order valence-corrected chi connectivity index (χ2v) is 4.86. The molecule has 1 amide bonds. The van der Waals surface area contributed by atoms with Crippen LogP contribution < -0.4 is 10.6 Å². The first kappa shape index (κ1) is 14.5. The average molecular weight is 341 g/mol. The standard InChI is InChI=1S/C14H11BrF2N2O/c15-10-3-1-2-4-12(10)19-14(20)8-18-13-6-5-9(16)7-11(13)17/h1-7,18H,8H2,(H,19,20). The van der Waals surface area contributed by atoms with Crippen LogP contribution in [-0.2, 0) is 4.79 Å². The molecule has 0 heterocycles. The summed E-state index contributed by atoms with van der Waals surface area (Å²) in [5.74, 6) is -1.73. The molecule has 2 aromatic rings. The summed E-state index contributed by atoms with van der Waals surface area (Å²) in [6.07, 6.45) is 0. The maximum atomic E-state index is 13.4. The Balaban J connectivity index is 1.94. The number of hydrogen-bond acceptors (Lipinski definition) is 2. The Bertz CT molecular complexity index is 634. The molecule has 2 aromatic carbocycles. The third kappa shape index (κ3) is 3.77. The van der Waals surface area contributed by atoms with Gasteiger partial charge in [0.15, 0.2) is 0 Å². The van der Waals surface area contributed by atoms with Crippen LogP contribution in [0.3, 0.4) is 0 Å². The third-order valence-electron chi connectivity index (χ3n) is 2.52. The average Bonchev–Trinajstić information content (AvgIpc) is 2.40. The van der Waals surface area contributed by atoms with E-state index in [1.54, 1.807) is 18.2 Å². The summed E-state index contributed by atoms with van der Waals surface area (Å²) in [6, 6.07) is 10.3. The number of nitrogens with one attached hydrogen (secondary N) is 2. The molecule has 2 rings (SSSR count). The second-order valence-electron chi connectivity index (χ2n) is 4.01. The molecule has 0 aliphatic carbocycles. The molecule has 0 bridgehead atoms. The predicted octanol–water partition coefficient (Wildman–Crippen LogP) is 3.78. The molecule has 0 atom stereocenters. The van der Waals surface area contributed by atoms with Crippen LogP contribution in [0.1, 0.15) is 0 Å². The molecule has 0 radical (unpaired) electrons. The molecule has 0 aliphatic heterocycles. The lowest BCUT2D eigenvalue weighted by molar-refractivity contribution is -0.114. The van der Waals surface area contributed by atoms with Gasteiger partial charge in [0.2, 0.25) is 5.91 Å². The van der Waals surface area contributed by atoms with Gasteiger partial charge in [0.25, 0.3) is 0 Å². The largest absolute Gasteiger partial charge is 0.374 e. The fraction of sp³-hybridized carbons (Fsp3) is 0.0714. The molecule has 0 saturated carbocycles. The zero-order chi connectivity index (χ0) is 14.5. The van der Waals surface area contributed by atoms with Gasteiger partial charge in [-0.3, -0.25) is 4.79 Å². The predicted molar refractivity (Wildman–Crippen MR) is 77.6 cm³/mol. The Hall–Kier alpha value is -1.95. The first-order chi connectivity index (χ1) is 9.56.